The molecule has 10 heteroatoms. The van der Waals surface area contributed by atoms with Crippen molar-refractivity contribution in [3.63, 3.8) is 0 Å². The van der Waals surface area contributed by atoms with Crippen LogP contribution >= 0.6 is 11.3 Å². The van der Waals surface area contributed by atoms with Gasteiger partial charge in [-0.05, 0) is 61.0 Å². The van der Waals surface area contributed by atoms with Crippen LogP contribution in [0.5, 0.6) is 0 Å². The van der Waals surface area contributed by atoms with Crippen LogP contribution in [0.1, 0.15) is 17.2 Å². The monoisotopic (exact) mass is 557 g/mol. The first-order valence-electron chi connectivity index (χ1n) is 12.4. The molecule has 2 aromatic carbocycles. The summed E-state index contributed by atoms with van der Waals surface area (Å²) in [6, 6.07) is 23.3. The van der Waals surface area contributed by atoms with Gasteiger partial charge in [-0.3, -0.25) is 14.7 Å². The summed E-state index contributed by atoms with van der Waals surface area (Å²) < 4.78 is 28.5. The van der Waals surface area contributed by atoms with Gasteiger partial charge in [0.2, 0.25) is 0 Å². The first kappa shape index (κ1) is 26.6. The maximum atomic E-state index is 12.9. The molecule has 39 heavy (non-hydrogen) atoms. The van der Waals surface area contributed by atoms with Crippen LogP contribution in [0.3, 0.4) is 0 Å². The predicted molar refractivity (Wildman–Crippen MR) is 154 cm³/mol. The summed E-state index contributed by atoms with van der Waals surface area (Å²) >= 11 is 1.49. The van der Waals surface area contributed by atoms with Crippen LogP contribution in [0.15, 0.2) is 108 Å². The first-order valence-corrected chi connectivity index (χ1v) is 14.7. The molecule has 0 saturated heterocycles. The summed E-state index contributed by atoms with van der Waals surface area (Å²) in [5.41, 5.74) is 4.74. The molecule has 3 aromatic heterocycles. The molecule has 0 bridgehead atoms. The fraction of sp³-hybridized carbons (Fsp3) is 0.138. The highest BCUT2D eigenvalue weighted by Crippen LogP contribution is 2.29. The number of benzene rings is 2. The molecule has 5 aromatic rings. The molecule has 0 amide bonds. The normalized spacial score (nSPS) is 12.2. The van der Waals surface area contributed by atoms with Gasteiger partial charge in [-0.1, -0.05) is 36.4 Å². The number of nitrogens with zero attached hydrogens (tertiary/aromatic N) is 3. The van der Waals surface area contributed by atoms with Crippen LogP contribution in [0.2, 0.25) is 0 Å². The van der Waals surface area contributed by atoms with Crippen molar-refractivity contribution in [3.8, 4) is 22.0 Å². The van der Waals surface area contributed by atoms with Gasteiger partial charge in [-0.15, -0.1) is 11.3 Å². The van der Waals surface area contributed by atoms with Gasteiger partial charge in [0.1, 0.15) is 10.7 Å². The van der Waals surface area contributed by atoms with E-state index in [4.69, 9.17) is 0 Å². The highest BCUT2D eigenvalue weighted by atomic mass is 32.2. The number of aromatic nitrogens is 3. The number of nitrogens with one attached hydrogen (secondary N) is 2. The lowest BCUT2D eigenvalue weighted by Gasteiger charge is -2.12. The van der Waals surface area contributed by atoms with E-state index in [9.17, 15) is 13.5 Å². The van der Waals surface area contributed by atoms with Crippen molar-refractivity contribution >= 4 is 27.0 Å². The second-order valence-corrected chi connectivity index (χ2v) is 11.4. The molecular formula is C29H27N5O3S2. The molecular weight excluding hydrogens is 530 g/mol. The molecule has 1 unspecified atom stereocenters. The third kappa shape index (κ3) is 6.92. The van der Waals surface area contributed by atoms with Gasteiger partial charge in [0.15, 0.2) is 0 Å². The van der Waals surface area contributed by atoms with Crippen molar-refractivity contribution < 1.29 is 13.5 Å². The predicted octanol–water partition coefficient (Wildman–Crippen LogP) is 4.93. The SMILES string of the molecule is O=S(=O)(Nc1ccc(CCNCC(O)c2cccnc2)cc1)c1ccc(-c2nc(-c3ccccn3)cs2)cc1. The van der Waals surface area contributed by atoms with Crippen molar-refractivity contribution in [2.45, 2.75) is 17.4 Å². The average molecular weight is 558 g/mol. The summed E-state index contributed by atoms with van der Waals surface area (Å²) in [6.45, 7) is 1.10. The molecule has 3 heterocycles. The van der Waals surface area contributed by atoms with Crippen molar-refractivity contribution in [2.75, 3.05) is 17.8 Å². The maximum Gasteiger partial charge on any atom is 0.261 e. The molecule has 0 aliphatic rings. The third-order valence-electron chi connectivity index (χ3n) is 6.05. The van der Waals surface area contributed by atoms with Gasteiger partial charge in [-0.2, -0.15) is 0 Å². The summed E-state index contributed by atoms with van der Waals surface area (Å²) in [5.74, 6) is 0. The van der Waals surface area contributed by atoms with Crippen LogP contribution in [-0.2, 0) is 16.4 Å². The third-order valence-corrected chi connectivity index (χ3v) is 8.34. The molecule has 1 atom stereocenters. The fourth-order valence-corrected chi connectivity index (χ4v) is 5.81. The molecule has 8 nitrogen and oxygen atoms in total. The summed E-state index contributed by atoms with van der Waals surface area (Å²) in [4.78, 5) is 13.2. The molecule has 0 spiro atoms. The lowest BCUT2D eigenvalue weighted by atomic mass is 10.1. The van der Waals surface area contributed by atoms with E-state index in [0.29, 0.717) is 18.8 Å². The van der Waals surface area contributed by atoms with E-state index in [0.717, 1.165) is 39.5 Å². The Kier molecular flexibility index (Phi) is 8.38. The number of thiazole rings is 1. The molecule has 0 saturated carbocycles. The van der Waals surface area contributed by atoms with Crippen LogP contribution in [0.25, 0.3) is 22.0 Å². The fourth-order valence-electron chi connectivity index (χ4n) is 3.93. The second-order valence-electron chi connectivity index (χ2n) is 8.84. The standard InChI is InChI=1S/C29H27N5O3S2/c35-28(23-4-3-15-30-18-23)19-31-17-14-21-6-10-24(11-7-21)34-39(36,37)25-12-8-22(9-13-25)29-33-27(20-38-29)26-5-1-2-16-32-26/h1-13,15-16,18,20,28,31,34-35H,14,17,19H2. The Morgan fingerprint density at radius 1 is 0.897 bits per heavy atom. The molecule has 0 radical (unpaired) electrons. The van der Waals surface area contributed by atoms with Crippen molar-refractivity contribution in [2.24, 2.45) is 0 Å². The van der Waals surface area contributed by atoms with Gasteiger partial charge < -0.3 is 10.4 Å². The lowest BCUT2D eigenvalue weighted by molar-refractivity contribution is 0.174. The smallest absolute Gasteiger partial charge is 0.261 e. The number of hydrogen-bond donors (Lipinski definition) is 3. The average Bonchev–Trinajstić information content (AvgIpc) is 3.47. The molecule has 0 aliphatic heterocycles. The van der Waals surface area contributed by atoms with Crippen LogP contribution in [0, 0.1) is 0 Å². The van der Waals surface area contributed by atoms with Crippen molar-refractivity contribution in [1.82, 2.24) is 20.3 Å². The number of rotatable bonds is 11. The van der Waals surface area contributed by atoms with Gasteiger partial charge in [0.25, 0.3) is 10.0 Å². The van der Waals surface area contributed by atoms with Crippen LogP contribution in [0.4, 0.5) is 5.69 Å². The van der Waals surface area contributed by atoms with E-state index < -0.39 is 16.1 Å². The molecule has 0 aliphatic carbocycles. The topological polar surface area (TPSA) is 117 Å². The molecule has 198 valence electrons. The Balaban J connectivity index is 1.14. The van der Waals surface area contributed by atoms with E-state index in [1.165, 1.54) is 11.3 Å². The second kappa shape index (κ2) is 12.3. The zero-order valence-electron chi connectivity index (χ0n) is 20.9. The zero-order valence-corrected chi connectivity index (χ0v) is 22.6. The van der Waals surface area contributed by atoms with Gasteiger partial charge in [-0.25, -0.2) is 13.4 Å². The number of aliphatic hydroxyl groups excluding tert-OH is 1. The molecule has 0 fully saturated rings. The Labute approximate surface area is 231 Å². The van der Waals surface area contributed by atoms with Gasteiger partial charge >= 0.3 is 0 Å². The van der Waals surface area contributed by atoms with E-state index in [1.54, 1.807) is 61.1 Å². The van der Waals surface area contributed by atoms with E-state index in [-0.39, 0.29) is 4.90 Å². The van der Waals surface area contributed by atoms with Gasteiger partial charge in [0, 0.05) is 47.3 Å². The number of sulfonamides is 1. The zero-order chi connectivity index (χ0) is 27.1. The number of hydrogen-bond acceptors (Lipinski definition) is 8. The number of aliphatic hydroxyl groups is 1. The minimum atomic E-state index is -3.74. The highest BCUT2D eigenvalue weighted by molar-refractivity contribution is 7.92. The Morgan fingerprint density at radius 2 is 1.72 bits per heavy atom. The molecule has 5 rings (SSSR count). The van der Waals surface area contributed by atoms with Crippen molar-refractivity contribution in [3.05, 3.63) is 114 Å². The summed E-state index contributed by atoms with van der Waals surface area (Å²) in [6.07, 6.45) is 5.18. The minimum absolute atomic E-state index is 0.174. The van der Waals surface area contributed by atoms with E-state index in [2.05, 4.69) is 25.0 Å². The minimum Gasteiger partial charge on any atom is -0.387 e. The quantitative estimate of drug-likeness (QED) is 0.197. The Bertz CT molecular complexity index is 1590. The van der Waals surface area contributed by atoms with Crippen LogP contribution in [-0.4, -0.2) is 41.6 Å². The van der Waals surface area contributed by atoms with Crippen LogP contribution < -0.4 is 10.0 Å². The summed E-state index contributed by atoms with van der Waals surface area (Å²) in [5, 5.41) is 16.2. The number of pyridine rings is 2. The van der Waals surface area contributed by atoms with E-state index >= 15 is 0 Å². The first-order chi connectivity index (χ1) is 19.0. The largest absolute Gasteiger partial charge is 0.387 e. The molecule has 3 N–H and O–H groups in total. The lowest BCUT2D eigenvalue weighted by Crippen LogP contribution is -2.23. The Morgan fingerprint density at radius 3 is 2.44 bits per heavy atom. The Hall–Kier alpha value is -3.96. The number of anilines is 1. The van der Waals surface area contributed by atoms with Crippen molar-refractivity contribution in [1.29, 1.82) is 0 Å². The van der Waals surface area contributed by atoms with E-state index in [1.807, 2.05) is 41.8 Å². The maximum absolute atomic E-state index is 12.9. The highest BCUT2D eigenvalue weighted by Gasteiger charge is 2.15. The summed E-state index contributed by atoms with van der Waals surface area (Å²) in [7, 11) is -3.74. The van der Waals surface area contributed by atoms with Gasteiger partial charge in [0.05, 0.1) is 16.7 Å².